The van der Waals surface area contributed by atoms with E-state index in [-0.39, 0.29) is 0 Å². The van der Waals surface area contributed by atoms with Crippen molar-refractivity contribution in [1.82, 2.24) is 19.9 Å². The lowest BCUT2D eigenvalue weighted by atomic mass is 9.96. The van der Waals surface area contributed by atoms with E-state index in [1.807, 2.05) is 0 Å². The Bertz CT molecular complexity index is 663. The molecule has 2 fully saturated rings. The van der Waals surface area contributed by atoms with Gasteiger partial charge in [0.05, 0.1) is 13.2 Å². The average molecular weight is 372 g/mol. The summed E-state index contributed by atoms with van der Waals surface area (Å²) in [6.45, 7) is 8.48. The summed E-state index contributed by atoms with van der Waals surface area (Å²) in [7, 11) is 0. The first-order valence-electron chi connectivity index (χ1n) is 9.87. The van der Waals surface area contributed by atoms with Crippen LogP contribution in [0.3, 0.4) is 0 Å². The standard InChI is InChI=1S/C20H28N4O3/c1-3-19(26-14-11-23-9-12-25-13-10-23)4-2-17(1)15-24-7-5-18(6-8-24)20-21-16-27-22-20/h1-4,16,18H,5-15H2. The van der Waals surface area contributed by atoms with Crippen molar-refractivity contribution in [3.8, 4) is 5.75 Å². The van der Waals surface area contributed by atoms with Gasteiger partial charge in [0.2, 0.25) is 6.39 Å². The van der Waals surface area contributed by atoms with Crippen LogP contribution in [0.2, 0.25) is 0 Å². The Morgan fingerprint density at radius 2 is 1.78 bits per heavy atom. The minimum Gasteiger partial charge on any atom is -0.492 e. The maximum absolute atomic E-state index is 5.89. The zero-order valence-electron chi connectivity index (χ0n) is 15.8. The number of hydrogen-bond acceptors (Lipinski definition) is 7. The summed E-state index contributed by atoms with van der Waals surface area (Å²) in [6, 6.07) is 8.52. The van der Waals surface area contributed by atoms with Crippen LogP contribution in [0.15, 0.2) is 35.2 Å². The second-order valence-corrected chi connectivity index (χ2v) is 7.29. The molecule has 0 spiro atoms. The number of aromatic nitrogens is 2. The summed E-state index contributed by atoms with van der Waals surface area (Å²) in [5.41, 5.74) is 1.33. The molecule has 0 unspecified atom stereocenters. The molecule has 2 saturated heterocycles. The van der Waals surface area contributed by atoms with Crippen molar-refractivity contribution in [2.24, 2.45) is 0 Å². The van der Waals surface area contributed by atoms with Gasteiger partial charge in [-0.2, -0.15) is 4.98 Å². The first kappa shape index (κ1) is 18.4. The third-order valence-corrected chi connectivity index (χ3v) is 5.44. The molecule has 1 aromatic carbocycles. The van der Waals surface area contributed by atoms with Crippen LogP contribution < -0.4 is 4.74 Å². The van der Waals surface area contributed by atoms with Crippen LogP contribution in [0.4, 0.5) is 0 Å². The van der Waals surface area contributed by atoms with E-state index in [4.69, 9.17) is 14.0 Å². The lowest BCUT2D eigenvalue weighted by Crippen LogP contribution is -2.38. The molecule has 0 atom stereocenters. The van der Waals surface area contributed by atoms with Gasteiger partial charge in [0.25, 0.3) is 0 Å². The number of hydrogen-bond donors (Lipinski definition) is 0. The molecule has 7 heteroatoms. The van der Waals surface area contributed by atoms with Crippen molar-refractivity contribution in [2.45, 2.75) is 25.3 Å². The Morgan fingerprint density at radius 1 is 1.00 bits per heavy atom. The molecule has 0 saturated carbocycles. The van der Waals surface area contributed by atoms with Crippen molar-refractivity contribution in [3.63, 3.8) is 0 Å². The van der Waals surface area contributed by atoms with Gasteiger partial charge >= 0.3 is 0 Å². The molecule has 0 N–H and O–H groups in total. The van der Waals surface area contributed by atoms with Crippen LogP contribution in [0.1, 0.15) is 30.1 Å². The van der Waals surface area contributed by atoms with Gasteiger partial charge in [0, 0.05) is 32.1 Å². The fourth-order valence-electron chi connectivity index (χ4n) is 3.77. The lowest BCUT2D eigenvalue weighted by molar-refractivity contribution is 0.0322. The molecular formula is C20H28N4O3. The van der Waals surface area contributed by atoms with Crippen LogP contribution >= 0.6 is 0 Å². The Kier molecular flexibility index (Phi) is 6.34. The summed E-state index contributed by atoms with van der Waals surface area (Å²) in [4.78, 5) is 9.07. The Balaban J connectivity index is 1.18. The number of ether oxygens (including phenoxy) is 2. The Labute approximate surface area is 160 Å². The molecule has 27 heavy (non-hydrogen) atoms. The molecule has 2 aliphatic rings. The van der Waals surface area contributed by atoms with Crippen LogP contribution in [0.25, 0.3) is 0 Å². The van der Waals surface area contributed by atoms with Crippen molar-refractivity contribution in [1.29, 1.82) is 0 Å². The number of piperidine rings is 1. The predicted molar refractivity (Wildman–Crippen MR) is 101 cm³/mol. The number of rotatable bonds is 7. The Morgan fingerprint density at radius 3 is 2.48 bits per heavy atom. The molecule has 1 aromatic heterocycles. The zero-order valence-corrected chi connectivity index (χ0v) is 15.8. The molecule has 3 heterocycles. The minimum absolute atomic E-state index is 0.433. The van der Waals surface area contributed by atoms with Crippen LogP contribution in [-0.2, 0) is 11.3 Å². The van der Waals surface area contributed by atoms with Gasteiger partial charge in [-0.25, -0.2) is 0 Å². The highest BCUT2D eigenvalue weighted by molar-refractivity contribution is 5.27. The van der Waals surface area contributed by atoms with E-state index in [0.29, 0.717) is 5.92 Å². The molecule has 4 rings (SSSR count). The van der Waals surface area contributed by atoms with Crippen molar-refractivity contribution < 1.29 is 14.0 Å². The summed E-state index contributed by atoms with van der Waals surface area (Å²) < 4.78 is 16.1. The summed E-state index contributed by atoms with van der Waals surface area (Å²) in [5, 5.41) is 3.99. The molecule has 146 valence electrons. The van der Waals surface area contributed by atoms with Gasteiger partial charge in [-0.05, 0) is 43.6 Å². The normalized spacial score (nSPS) is 20.0. The van der Waals surface area contributed by atoms with Gasteiger partial charge in [0.1, 0.15) is 12.4 Å². The van der Waals surface area contributed by atoms with Crippen LogP contribution in [-0.4, -0.2) is 72.5 Å². The second-order valence-electron chi connectivity index (χ2n) is 7.29. The topological polar surface area (TPSA) is 63.9 Å². The maximum atomic E-state index is 5.89. The maximum Gasteiger partial charge on any atom is 0.213 e. The molecule has 2 aromatic rings. The first-order valence-corrected chi connectivity index (χ1v) is 9.87. The van der Waals surface area contributed by atoms with Crippen LogP contribution in [0, 0.1) is 0 Å². The van der Waals surface area contributed by atoms with Gasteiger partial charge in [-0.15, -0.1) is 0 Å². The molecular weight excluding hydrogens is 344 g/mol. The van der Waals surface area contributed by atoms with E-state index >= 15 is 0 Å². The molecule has 0 aliphatic carbocycles. The monoisotopic (exact) mass is 372 g/mol. The van der Waals surface area contributed by atoms with Crippen molar-refractivity contribution in [2.75, 3.05) is 52.5 Å². The zero-order chi connectivity index (χ0) is 18.3. The second kappa shape index (κ2) is 9.30. The number of benzene rings is 1. The largest absolute Gasteiger partial charge is 0.492 e. The van der Waals surface area contributed by atoms with E-state index in [9.17, 15) is 0 Å². The molecule has 7 nitrogen and oxygen atoms in total. The SMILES string of the molecule is c1nc(C2CCN(Cc3ccc(OCCN4CCOCC4)cc3)CC2)no1. The smallest absolute Gasteiger partial charge is 0.213 e. The molecule has 0 amide bonds. The van der Waals surface area contributed by atoms with E-state index in [1.165, 1.54) is 12.0 Å². The quantitative estimate of drug-likeness (QED) is 0.738. The Hall–Kier alpha value is -1.96. The average Bonchev–Trinajstić information content (AvgIpc) is 3.26. The fraction of sp³-hybridized carbons (Fsp3) is 0.600. The van der Waals surface area contributed by atoms with E-state index in [1.54, 1.807) is 0 Å². The lowest BCUT2D eigenvalue weighted by Gasteiger charge is -2.30. The summed E-state index contributed by atoms with van der Waals surface area (Å²) >= 11 is 0. The highest BCUT2D eigenvalue weighted by Gasteiger charge is 2.23. The first-order chi connectivity index (χ1) is 13.4. The van der Waals surface area contributed by atoms with E-state index < -0.39 is 0 Å². The predicted octanol–water partition coefficient (Wildman–Crippen LogP) is 2.16. The molecule has 2 aliphatic heterocycles. The van der Waals surface area contributed by atoms with Crippen molar-refractivity contribution >= 4 is 0 Å². The fourth-order valence-corrected chi connectivity index (χ4v) is 3.77. The van der Waals surface area contributed by atoms with E-state index in [0.717, 1.165) is 83.5 Å². The molecule has 0 bridgehead atoms. The van der Waals surface area contributed by atoms with Gasteiger partial charge in [0.15, 0.2) is 5.82 Å². The van der Waals surface area contributed by atoms with Crippen molar-refractivity contribution in [3.05, 3.63) is 42.0 Å². The summed E-state index contributed by atoms with van der Waals surface area (Å²) in [5.74, 6) is 2.23. The van der Waals surface area contributed by atoms with Gasteiger partial charge in [-0.1, -0.05) is 17.3 Å². The van der Waals surface area contributed by atoms with Crippen LogP contribution in [0.5, 0.6) is 5.75 Å². The third kappa shape index (κ3) is 5.28. The van der Waals surface area contributed by atoms with E-state index in [2.05, 4.69) is 44.2 Å². The van der Waals surface area contributed by atoms with Gasteiger partial charge in [-0.3, -0.25) is 9.80 Å². The number of likely N-dealkylation sites (tertiary alicyclic amines) is 1. The highest BCUT2D eigenvalue weighted by atomic mass is 16.5. The van der Waals surface area contributed by atoms with Gasteiger partial charge < -0.3 is 14.0 Å². The number of morpholine rings is 1. The number of nitrogens with zero attached hydrogens (tertiary/aromatic N) is 4. The third-order valence-electron chi connectivity index (χ3n) is 5.44. The minimum atomic E-state index is 0.433. The highest BCUT2D eigenvalue weighted by Crippen LogP contribution is 2.26. The molecule has 0 radical (unpaired) electrons. The summed E-state index contributed by atoms with van der Waals surface area (Å²) in [6.07, 6.45) is 3.59.